The minimum absolute atomic E-state index is 0.281. The highest BCUT2D eigenvalue weighted by atomic mass is 16.5. The lowest BCUT2D eigenvalue weighted by Gasteiger charge is -2.32. The number of nitrogens with two attached hydrogens (primary N) is 1. The van der Waals surface area contributed by atoms with E-state index < -0.39 is 5.91 Å². The van der Waals surface area contributed by atoms with Crippen LogP contribution in [0.5, 0.6) is 0 Å². The molecule has 1 aliphatic carbocycles. The van der Waals surface area contributed by atoms with Gasteiger partial charge in [-0.25, -0.2) is 0 Å². The number of nitrogens with zero attached hydrogens (tertiary/aromatic N) is 3. The quantitative estimate of drug-likeness (QED) is 0.898. The fraction of sp³-hybridized carbons (Fsp3) is 0.474. The Kier molecular flexibility index (Phi) is 3.89. The average molecular weight is 340 g/mol. The third-order valence-corrected chi connectivity index (χ3v) is 5.34. The molecule has 1 fully saturated rings. The van der Waals surface area contributed by atoms with E-state index in [1.54, 1.807) is 18.0 Å². The van der Waals surface area contributed by atoms with Crippen molar-refractivity contribution in [1.82, 2.24) is 14.7 Å². The highest BCUT2D eigenvalue weighted by molar-refractivity contribution is 5.93. The molecule has 132 valence electrons. The van der Waals surface area contributed by atoms with Gasteiger partial charge in [-0.1, -0.05) is 18.2 Å². The number of likely N-dealkylation sites (N-methyl/N-ethyl adjacent to an activating group) is 1. The largest absolute Gasteiger partial charge is 0.378 e. The molecular formula is C19H24N4O2. The van der Waals surface area contributed by atoms with Crippen LogP contribution in [0.1, 0.15) is 45.6 Å². The molecule has 0 radical (unpaired) electrons. The number of benzene rings is 1. The maximum Gasteiger partial charge on any atom is 0.252 e. The number of rotatable bonds is 5. The minimum Gasteiger partial charge on any atom is -0.378 e. The smallest absolute Gasteiger partial charge is 0.252 e. The zero-order valence-corrected chi connectivity index (χ0v) is 14.8. The first-order valence-electron chi connectivity index (χ1n) is 8.67. The Morgan fingerprint density at radius 1 is 1.40 bits per heavy atom. The molecule has 6 heteroatoms. The molecule has 25 heavy (non-hydrogen) atoms. The standard InChI is InChI=1S/C19H24N4O2/c1-22-9-14-7-13(3-4-16(14)19(12-22)5-6-19)8-23-10-15(18(20)24)17(21-23)11-25-2/h3-4,7,10H,5-6,8-9,11-12H2,1-2H3,(H2,20,24). The molecule has 0 unspecified atom stereocenters. The second-order valence-corrected chi connectivity index (χ2v) is 7.43. The molecule has 6 nitrogen and oxygen atoms in total. The van der Waals surface area contributed by atoms with Crippen molar-refractivity contribution < 1.29 is 9.53 Å². The van der Waals surface area contributed by atoms with Crippen LogP contribution in [0.15, 0.2) is 24.4 Å². The van der Waals surface area contributed by atoms with E-state index in [1.807, 2.05) is 0 Å². The molecule has 1 spiro atoms. The first kappa shape index (κ1) is 16.3. The number of carbonyl (C=O) groups is 1. The van der Waals surface area contributed by atoms with Crippen molar-refractivity contribution in [2.24, 2.45) is 5.73 Å². The summed E-state index contributed by atoms with van der Waals surface area (Å²) in [6.07, 6.45) is 4.31. The van der Waals surface area contributed by atoms with Gasteiger partial charge in [-0.05, 0) is 36.6 Å². The van der Waals surface area contributed by atoms with Crippen LogP contribution in [0.2, 0.25) is 0 Å². The summed E-state index contributed by atoms with van der Waals surface area (Å²) in [5.74, 6) is -0.471. The first-order chi connectivity index (χ1) is 12.0. The van der Waals surface area contributed by atoms with Crippen LogP contribution in [0.25, 0.3) is 0 Å². The summed E-state index contributed by atoms with van der Waals surface area (Å²) >= 11 is 0. The maximum atomic E-state index is 11.6. The monoisotopic (exact) mass is 340 g/mol. The summed E-state index contributed by atoms with van der Waals surface area (Å²) < 4.78 is 6.88. The predicted molar refractivity (Wildman–Crippen MR) is 94.2 cm³/mol. The van der Waals surface area contributed by atoms with E-state index >= 15 is 0 Å². The third kappa shape index (κ3) is 2.96. The Morgan fingerprint density at radius 3 is 2.88 bits per heavy atom. The fourth-order valence-corrected chi connectivity index (χ4v) is 4.10. The van der Waals surface area contributed by atoms with Gasteiger partial charge in [-0.3, -0.25) is 9.48 Å². The van der Waals surface area contributed by atoms with Crippen LogP contribution in [0, 0.1) is 0 Å². The van der Waals surface area contributed by atoms with Crippen LogP contribution in [-0.2, 0) is 29.8 Å². The molecule has 2 aromatic rings. The van der Waals surface area contributed by atoms with Crippen molar-refractivity contribution in [3.05, 3.63) is 52.3 Å². The summed E-state index contributed by atoms with van der Waals surface area (Å²) in [5.41, 5.74) is 11.0. The van der Waals surface area contributed by atoms with Crippen LogP contribution in [0.3, 0.4) is 0 Å². The van der Waals surface area contributed by atoms with E-state index in [1.165, 1.54) is 36.1 Å². The summed E-state index contributed by atoms with van der Waals surface area (Å²) in [5, 5.41) is 4.46. The van der Waals surface area contributed by atoms with Gasteiger partial charge in [0.15, 0.2) is 0 Å². The number of carbonyl (C=O) groups excluding carboxylic acids is 1. The van der Waals surface area contributed by atoms with Crippen LogP contribution >= 0.6 is 0 Å². The Morgan fingerprint density at radius 2 is 2.20 bits per heavy atom. The van der Waals surface area contributed by atoms with Gasteiger partial charge in [0.05, 0.1) is 18.7 Å². The highest BCUT2D eigenvalue weighted by Gasteiger charge is 2.48. The van der Waals surface area contributed by atoms with Gasteiger partial charge in [0.25, 0.3) is 5.91 Å². The molecule has 1 aliphatic heterocycles. The van der Waals surface area contributed by atoms with Gasteiger partial charge in [-0.15, -0.1) is 0 Å². The zero-order chi connectivity index (χ0) is 17.6. The first-order valence-corrected chi connectivity index (χ1v) is 8.67. The van der Waals surface area contributed by atoms with E-state index in [0.717, 1.165) is 6.54 Å². The number of ether oxygens (including phenoxy) is 1. The molecule has 0 saturated heterocycles. The van der Waals surface area contributed by atoms with E-state index in [4.69, 9.17) is 10.5 Å². The van der Waals surface area contributed by atoms with Gasteiger partial charge < -0.3 is 15.4 Å². The lowest BCUT2D eigenvalue weighted by Crippen LogP contribution is -2.35. The molecule has 1 saturated carbocycles. The summed E-state index contributed by atoms with van der Waals surface area (Å²) in [7, 11) is 3.77. The molecule has 1 aromatic heterocycles. The maximum absolute atomic E-state index is 11.6. The van der Waals surface area contributed by atoms with Gasteiger partial charge in [0, 0.05) is 31.8 Å². The highest BCUT2D eigenvalue weighted by Crippen LogP contribution is 2.52. The number of hydrogen-bond acceptors (Lipinski definition) is 4. The summed E-state index contributed by atoms with van der Waals surface area (Å²) in [6, 6.07) is 6.76. The van der Waals surface area contributed by atoms with Crippen molar-refractivity contribution in [2.45, 2.75) is 38.0 Å². The molecule has 2 heterocycles. The summed E-state index contributed by atoms with van der Waals surface area (Å²) in [6.45, 7) is 3.06. The van der Waals surface area contributed by atoms with E-state index in [2.05, 4.69) is 35.2 Å². The van der Waals surface area contributed by atoms with Gasteiger partial charge >= 0.3 is 0 Å². The van der Waals surface area contributed by atoms with E-state index in [0.29, 0.717) is 23.2 Å². The molecule has 0 bridgehead atoms. The normalized spacial score (nSPS) is 18.3. The molecule has 0 atom stereocenters. The Hall–Kier alpha value is -2.18. The molecule has 2 aliphatic rings. The molecule has 4 rings (SSSR count). The predicted octanol–water partition coefficient (Wildman–Crippen LogP) is 1.65. The Balaban J connectivity index is 1.61. The van der Waals surface area contributed by atoms with Gasteiger partial charge in [0.2, 0.25) is 0 Å². The van der Waals surface area contributed by atoms with Crippen molar-refractivity contribution in [3.63, 3.8) is 0 Å². The van der Waals surface area contributed by atoms with Crippen molar-refractivity contribution in [3.8, 4) is 0 Å². The van der Waals surface area contributed by atoms with Crippen molar-refractivity contribution in [2.75, 3.05) is 20.7 Å². The number of amides is 1. The average Bonchev–Trinajstić information content (AvgIpc) is 3.19. The number of primary amides is 1. The summed E-state index contributed by atoms with van der Waals surface area (Å²) in [4.78, 5) is 14.0. The van der Waals surface area contributed by atoms with Gasteiger partial charge in [0.1, 0.15) is 5.69 Å². The fourth-order valence-electron chi connectivity index (χ4n) is 4.10. The number of hydrogen-bond donors (Lipinski definition) is 1. The SMILES string of the molecule is COCc1nn(Cc2ccc3c(c2)CN(C)CC32CC2)cc1C(N)=O. The van der Waals surface area contributed by atoms with E-state index in [9.17, 15) is 4.79 Å². The molecule has 1 amide bonds. The van der Waals surface area contributed by atoms with Gasteiger partial charge in [-0.2, -0.15) is 5.10 Å². The second-order valence-electron chi connectivity index (χ2n) is 7.43. The number of aromatic nitrogens is 2. The van der Waals surface area contributed by atoms with Crippen molar-refractivity contribution in [1.29, 1.82) is 0 Å². The van der Waals surface area contributed by atoms with Crippen molar-refractivity contribution >= 4 is 5.91 Å². The van der Waals surface area contributed by atoms with Crippen LogP contribution in [-0.4, -0.2) is 41.3 Å². The lowest BCUT2D eigenvalue weighted by atomic mass is 9.86. The second kappa shape index (κ2) is 5.97. The third-order valence-electron chi connectivity index (χ3n) is 5.34. The molecule has 2 N–H and O–H groups in total. The number of methoxy groups -OCH3 is 1. The Bertz CT molecular complexity index is 823. The molecule has 1 aromatic carbocycles. The Labute approximate surface area is 147 Å². The van der Waals surface area contributed by atoms with Crippen LogP contribution < -0.4 is 5.73 Å². The zero-order valence-electron chi connectivity index (χ0n) is 14.8. The van der Waals surface area contributed by atoms with Crippen LogP contribution in [0.4, 0.5) is 0 Å². The lowest BCUT2D eigenvalue weighted by molar-refractivity contribution is 0.0995. The van der Waals surface area contributed by atoms with E-state index in [-0.39, 0.29) is 6.61 Å². The molecular weight excluding hydrogens is 316 g/mol. The number of fused-ring (bicyclic) bond motifs is 2. The topological polar surface area (TPSA) is 73.4 Å². The minimum atomic E-state index is -0.471.